The highest BCUT2D eigenvalue weighted by molar-refractivity contribution is 5.76. The van der Waals surface area contributed by atoms with Gasteiger partial charge in [-0.1, -0.05) is 19.9 Å². The summed E-state index contributed by atoms with van der Waals surface area (Å²) in [6.45, 7) is 11.3. The molecule has 0 fully saturated rings. The minimum atomic E-state index is -0.0791. The number of carbonyl (C=O) groups excluding carboxylic acids is 1. The number of amides is 1. The number of nitrogens with one attached hydrogen (secondary N) is 1. The second-order valence-corrected chi connectivity index (χ2v) is 6.77. The predicted octanol–water partition coefficient (Wildman–Crippen LogP) is 3.36. The predicted molar refractivity (Wildman–Crippen MR) is 95.7 cm³/mol. The van der Waals surface area contributed by atoms with Crippen molar-refractivity contribution in [1.29, 1.82) is 0 Å². The summed E-state index contributed by atoms with van der Waals surface area (Å²) in [6.07, 6.45) is 2.93. The molecular formula is C19H28N4O. The van der Waals surface area contributed by atoms with Crippen LogP contribution in [0.1, 0.15) is 55.9 Å². The van der Waals surface area contributed by atoms with Crippen LogP contribution in [0.15, 0.2) is 24.4 Å². The van der Waals surface area contributed by atoms with Crippen LogP contribution in [-0.2, 0) is 17.8 Å². The van der Waals surface area contributed by atoms with Gasteiger partial charge < -0.3 is 5.32 Å². The zero-order valence-electron chi connectivity index (χ0n) is 15.3. The fourth-order valence-electron chi connectivity index (χ4n) is 2.88. The molecule has 0 aromatic carbocycles. The molecule has 2 rings (SSSR count). The topological polar surface area (TPSA) is 59.8 Å². The zero-order valence-corrected chi connectivity index (χ0v) is 15.3. The Kier molecular flexibility index (Phi) is 6.12. The Morgan fingerprint density at radius 2 is 2.00 bits per heavy atom. The van der Waals surface area contributed by atoms with E-state index in [2.05, 4.69) is 40.9 Å². The Morgan fingerprint density at radius 3 is 2.62 bits per heavy atom. The number of nitrogens with zero attached hydrogens (tertiary/aromatic N) is 3. The van der Waals surface area contributed by atoms with Crippen molar-refractivity contribution >= 4 is 5.91 Å². The molecule has 1 N–H and O–H groups in total. The molecule has 1 atom stereocenters. The smallest absolute Gasteiger partial charge is 0.220 e. The van der Waals surface area contributed by atoms with Gasteiger partial charge in [-0.2, -0.15) is 5.10 Å². The number of pyridine rings is 1. The molecule has 5 nitrogen and oxygen atoms in total. The molecule has 0 saturated heterocycles. The summed E-state index contributed by atoms with van der Waals surface area (Å²) in [5, 5.41) is 7.63. The average molecular weight is 328 g/mol. The van der Waals surface area contributed by atoms with E-state index >= 15 is 0 Å². The molecule has 0 saturated carbocycles. The van der Waals surface area contributed by atoms with E-state index in [0.717, 1.165) is 24.4 Å². The maximum Gasteiger partial charge on any atom is 0.220 e. The van der Waals surface area contributed by atoms with E-state index in [1.54, 1.807) is 6.20 Å². The van der Waals surface area contributed by atoms with Gasteiger partial charge in [0.25, 0.3) is 0 Å². The first-order valence-electron chi connectivity index (χ1n) is 8.61. The third-order valence-corrected chi connectivity index (χ3v) is 4.18. The first kappa shape index (κ1) is 18.2. The third kappa shape index (κ3) is 4.66. The third-order valence-electron chi connectivity index (χ3n) is 4.18. The van der Waals surface area contributed by atoms with Gasteiger partial charge in [-0.15, -0.1) is 0 Å². The van der Waals surface area contributed by atoms with Crippen molar-refractivity contribution in [3.05, 3.63) is 47.0 Å². The second kappa shape index (κ2) is 8.08. The van der Waals surface area contributed by atoms with E-state index in [1.165, 1.54) is 11.3 Å². The van der Waals surface area contributed by atoms with Gasteiger partial charge in [0.2, 0.25) is 5.91 Å². The minimum Gasteiger partial charge on any atom is -0.348 e. The van der Waals surface area contributed by atoms with E-state index in [-0.39, 0.29) is 11.9 Å². The van der Waals surface area contributed by atoms with Crippen molar-refractivity contribution in [3.8, 4) is 0 Å². The molecule has 24 heavy (non-hydrogen) atoms. The molecule has 2 aromatic rings. The van der Waals surface area contributed by atoms with Crippen LogP contribution in [0, 0.1) is 19.8 Å². The summed E-state index contributed by atoms with van der Waals surface area (Å²) in [4.78, 5) is 16.5. The van der Waals surface area contributed by atoms with Gasteiger partial charge in [-0.05, 0) is 50.8 Å². The lowest BCUT2D eigenvalue weighted by molar-refractivity contribution is -0.121. The summed E-state index contributed by atoms with van der Waals surface area (Å²) in [7, 11) is 0. The van der Waals surface area contributed by atoms with Crippen LogP contribution < -0.4 is 5.32 Å². The SMILES string of the molecule is Cc1nn(CC(C)C)c(C)c1CCC(=O)NC(C)c1ccccn1. The Morgan fingerprint density at radius 1 is 1.25 bits per heavy atom. The van der Waals surface area contributed by atoms with Crippen molar-refractivity contribution in [2.24, 2.45) is 5.92 Å². The van der Waals surface area contributed by atoms with Crippen LogP contribution in [0.25, 0.3) is 0 Å². The molecule has 0 aliphatic carbocycles. The molecule has 130 valence electrons. The van der Waals surface area contributed by atoms with Crippen LogP contribution >= 0.6 is 0 Å². The number of hydrogen-bond acceptors (Lipinski definition) is 3. The number of rotatable bonds is 7. The molecule has 2 aromatic heterocycles. The van der Waals surface area contributed by atoms with E-state index in [9.17, 15) is 4.79 Å². The Labute approximate surface area is 144 Å². The maximum absolute atomic E-state index is 12.2. The van der Waals surface area contributed by atoms with Crippen molar-refractivity contribution in [2.45, 2.75) is 60.0 Å². The summed E-state index contributed by atoms with van der Waals surface area (Å²) in [6, 6.07) is 5.65. The molecule has 0 radical (unpaired) electrons. The van der Waals surface area contributed by atoms with E-state index in [4.69, 9.17) is 0 Å². The number of aromatic nitrogens is 3. The van der Waals surface area contributed by atoms with E-state index in [0.29, 0.717) is 12.3 Å². The molecule has 5 heteroatoms. The van der Waals surface area contributed by atoms with Crippen LogP contribution in [0.3, 0.4) is 0 Å². The molecule has 0 aliphatic rings. The molecular weight excluding hydrogens is 300 g/mol. The summed E-state index contributed by atoms with van der Waals surface area (Å²) < 4.78 is 2.06. The zero-order chi connectivity index (χ0) is 17.7. The fourth-order valence-corrected chi connectivity index (χ4v) is 2.88. The van der Waals surface area contributed by atoms with Gasteiger partial charge >= 0.3 is 0 Å². The monoisotopic (exact) mass is 328 g/mol. The van der Waals surface area contributed by atoms with Crippen LogP contribution in [0.2, 0.25) is 0 Å². The minimum absolute atomic E-state index is 0.0450. The van der Waals surface area contributed by atoms with Crippen molar-refractivity contribution < 1.29 is 4.79 Å². The van der Waals surface area contributed by atoms with Gasteiger partial charge in [-0.25, -0.2) is 0 Å². The van der Waals surface area contributed by atoms with Gasteiger partial charge in [0, 0.05) is 24.9 Å². The second-order valence-electron chi connectivity index (χ2n) is 6.77. The van der Waals surface area contributed by atoms with Crippen LogP contribution in [0.5, 0.6) is 0 Å². The standard InChI is InChI=1S/C19H28N4O/c1-13(2)12-23-16(5)17(14(3)22-23)9-10-19(24)21-15(4)18-8-6-7-11-20-18/h6-8,11,13,15H,9-10,12H2,1-5H3,(H,21,24). The molecule has 1 unspecified atom stereocenters. The molecule has 0 bridgehead atoms. The van der Waals surface area contributed by atoms with E-state index < -0.39 is 0 Å². The van der Waals surface area contributed by atoms with Gasteiger partial charge in [0.05, 0.1) is 17.4 Å². The number of aryl methyl sites for hydroxylation is 1. The van der Waals surface area contributed by atoms with Gasteiger partial charge in [0.1, 0.15) is 0 Å². The summed E-state index contributed by atoms with van der Waals surface area (Å²) >= 11 is 0. The Hall–Kier alpha value is -2.17. The highest BCUT2D eigenvalue weighted by Gasteiger charge is 2.15. The normalized spacial score (nSPS) is 12.4. The average Bonchev–Trinajstić information content (AvgIpc) is 2.79. The lowest BCUT2D eigenvalue weighted by Gasteiger charge is -2.13. The molecule has 0 aliphatic heterocycles. The fraction of sp³-hybridized carbons (Fsp3) is 0.526. The summed E-state index contributed by atoms with van der Waals surface area (Å²) in [5.74, 6) is 0.599. The molecule has 0 spiro atoms. The van der Waals surface area contributed by atoms with Crippen LogP contribution in [0.4, 0.5) is 0 Å². The van der Waals surface area contributed by atoms with Gasteiger partial charge in [0.15, 0.2) is 0 Å². The molecule has 1 amide bonds. The maximum atomic E-state index is 12.2. The Balaban J connectivity index is 1.93. The number of hydrogen-bond donors (Lipinski definition) is 1. The van der Waals surface area contributed by atoms with Crippen LogP contribution in [-0.4, -0.2) is 20.7 Å². The van der Waals surface area contributed by atoms with Crippen molar-refractivity contribution in [3.63, 3.8) is 0 Å². The van der Waals surface area contributed by atoms with Crippen molar-refractivity contribution in [1.82, 2.24) is 20.1 Å². The molecule has 2 heterocycles. The highest BCUT2D eigenvalue weighted by atomic mass is 16.1. The highest BCUT2D eigenvalue weighted by Crippen LogP contribution is 2.17. The Bertz CT molecular complexity index is 676. The number of carbonyl (C=O) groups is 1. The first-order chi connectivity index (χ1) is 11.4. The van der Waals surface area contributed by atoms with E-state index in [1.807, 2.05) is 32.0 Å². The summed E-state index contributed by atoms with van der Waals surface area (Å²) in [5.41, 5.74) is 4.27. The first-order valence-corrected chi connectivity index (χ1v) is 8.61. The lowest BCUT2D eigenvalue weighted by atomic mass is 10.1. The van der Waals surface area contributed by atoms with Gasteiger partial charge in [-0.3, -0.25) is 14.5 Å². The lowest BCUT2D eigenvalue weighted by Crippen LogP contribution is -2.27. The van der Waals surface area contributed by atoms with Crippen molar-refractivity contribution in [2.75, 3.05) is 0 Å². The largest absolute Gasteiger partial charge is 0.348 e. The quantitative estimate of drug-likeness (QED) is 0.848.